The number of nitrogens with one attached hydrogen (secondary N) is 1. The minimum Gasteiger partial charge on any atom is -0.375 e. The number of hydrogen-bond acceptors (Lipinski definition) is 5. The molecule has 1 aromatic heterocycles. The van der Waals surface area contributed by atoms with Crippen molar-refractivity contribution in [2.75, 3.05) is 26.2 Å². The van der Waals surface area contributed by atoms with Gasteiger partial charge in [-0.15, -0.1) is 11.3 Å². The molecule has 0 saturated carbocycles. The standard InChI is InChI=1S/C14H24N2O3S2/c1-4-12-9-16(6-7-19-12)21(17,18)14-11(3)10-20-13(14)8-15-5-2/h10,12,15H,4-9H2,1-3H3. The first-order valence-electron chi connectivity index (χ1n) is 7.40. The van der Waals surface area contributed by atoms with E-state index in [2.05, 4.69) is 5.32 Å². The first-order chi connectivity index (χ1) is 10.0. The zero-order valence-corrected chi connectivity index (χ0v) is 14.5. The van der Waals surface area contributed by atoms with E-state index < -0.39 is 10.0 Å². The van der Waals surface area contributed by atoms with Gasteiger partial charge in [-0.3, -0.25) is 0 Å². The molecule has 1 atom stereocenters. The molecule has 0 aliphatic carbocycles. The first kappa shape index (κ1) is 16.9. The summed E-state index contributed by atoms with van der Waals surface area (Å²) in [6.45, 7) is 8.70. The van der Waals surface area contributed by atoms with Crippen LogP contribution in [0.15, 0.2) is 10.3 Å². The molecular weight excluding hydrogens is 308 g/mol. The van der Waals surface area contributed by atoms with Crippen molar-refractivity contribution in [2.24, 2.45) is 0 Å². The number of aryl methyl sites for hydroxylation is 1. The van der Waals surface area contributed by atoms with Crippen LogP contribution in [0.25, 0.3) is 0 Å². The van der Waals surface area contributed by atoms with Gasteiger partial charge in [0.25, 0.3) is 0 Å². The lowest BCUT2D eigenvalue weighted by molar-refractivity contribution is -0.00279. The number of rotatable bonds is 6. The molecule has 1 aromatic rings. The van der Waals surface area contributed by atoms with E-state index in [4.69, 9.17) is 4.74 Å². The van der Waals surface area contributed by atoms with Crippen LogP contribution in [0.5, 0.6) is 0 Å². The molecule has 1 aliphatic rings. The fraction of sp³-hybridized carbons (Fsp3) is 0.714. The van der Waals surface area contributed by atoms with Crippen molar-refractivity contribution < 1.29 is 13.2 Å². The van der Waals surface area contributed by atoms with Crippen molar-refractivity contribution in [3.63, 3.8) is 0 Å². The van der Waals surface area contributed by atoms with E-state index in [1.807, 2.05) is 26.2 Å². The van der Waals surface area contributed by atoms with Crippen LogP contribution in [-0.4, -0.2) is 45.1 Å². The summed E-state index contributed by atoms with van der Waals surface area (Å²) in [6, 6.07) is 0. The Labute approximate surface area is 131 Å². The average molecular weight is 332 g/mol. The fourth-order valence-corrected chi connectivity index (χ4v) is 5.67. The van der Waals surface area contributed by atoms with Crippen LogP contribution in [0.2, 0.25) is 0 Å². The third kappa shape index (κ3) is 3.65. The van der Waals surface area contributed by atoms with Crippen molar-refractivity contribution in [1.29, 1.82) is 0 Å². The second kappa shape index (κ2) is 7.19. The maximum absolute atomic E-state index is 13.0. The number of nitrogens with zero attached hydrogens (tertiary/aromatic N) is 1. The largest absolute Gasteiger partial charge is 0.375 e. The molecule has 1 aliphatic heterocycles. The first-order valence-corrected chi connectivity index (χ1v) is 9.72. The van der Waals surface area contributed by atoms with Crippen LogP contribution in [0.3, 0.4) is 0 Å². The second-order valence-electron chi connectivity index (χ2n) is 5.22. The number of hydrogen-bond donors (Lipinski definition) is 1. The predicted octanol–water partition coefficient (Wildman–Crippen LogP) is 1.97. The van der Waals surface area contributed by atoms with Crippen molar-refractivity contribution in [3.05, 3.63) is 15.8 Å². The molecule has 5 nitrogen and oxygen atoms in total. The third-order valence-electron chi connectivity index (χ3n) is 3.68. The summed E-state index contributed by atoms with van der Waals surface area (Å²) in [4.78, 5) is 1.39. The Bertz CT molecular complexity index is 569. The van der Waals surface area contributed by atoms with Gasteiger partial charge in [0.15, 0.2) is 0 Å². The Balaban J connectivity index is 2.28. The summed E-state index contributed by atoms with van der Waals surface area (Å²) in [5.41, 5.74) is 0.840. The molecule has 1 saturated heterocycles. The SMILES string of the molecule is CCNCc1scc(C)c1S(=O)(=O)N1CCOC(CC)C1. The lowest BCUT2D eigenvalue weighted by Gasteiger charge is -2.32. The van der Waals surface area contributed by atoms with Gasteiger partial charge in [0.2, 0.25) is 10.0 Å². The van der Waals surface area contributed by atoms with E-state index in [-0.39, 0.29) is 6.10 Å². The lowest BCUT2D eigenvalue weighted by atomic mass is 10.2. The summed E-state index contributed by atoms with van der Waals surface area (Å²) in [6.07, 6.45) is 0.837. The van der Waals surface area contributed by atoms with E-state index in [0.29, 0.717) is 31.1 Å². The maximum Gasteiger partial charge on any atom is 0.244 e. The van der Waals surface area contributed by atoms with Crippen molar-refractivity contribution >= 4 is 21.4 Å². The minimum absolute atomic E-state index is 0.00434. The van der Waals surface area contributed by atoms with Gasteiger partial charge in [0.05, 0.1) is 12.7 Å². The van der Waals surface area contributed by atoms with E-state index in [1.165, 1.54) is 11.3 Å². The summed E-state index contributed by atoms with van der Waals surface area (Å²) in [5, 5.41) is 5.14. The quantitative estimate of drug-likeness (QED) is 0.865. The minimum atomic E-state index is -3.43. The maximum atomic E-state index is 13.0. The number of morpholine rings is 1. The van der Waals surface area contributed by atoms with E-state index in [0.717, 1.165) is 23.4 Å². The van der Waals surface area contributed by atoms with Crippen LogP contribution >= 0.6 is 11.3 Å². The Morgan fingerprint density at radius 3 is 2.90 bits per heavy atom. The third-order valence-corrected chi connectivity index (χ3v) is 7.01. The Morgan fingerprint density at radius 2 is 2.24 bits per heavy atom. The highest BCUT2D eigenvalue weighted by atomic mass is 32.2. The van der Waals surface area contributed by atoms with Crippen molar-refractivity contribution in [1.82, 2.24) is 9.62 Å². The van der Waals surface area contributed by atoms with Crippen LogP contribution < -0.4 is 5.32 Å². The molecule has 2 heterocycles. The molecule has 1 fully saturated rings. The molecule has 0 spiro atoms. The highest BCUT2D eigenvalue weighted by Crippen LogP contribution is 2.30. The van der Waals surface area contributed by atoms with Gasteiger partial charge < -0.3 is 10.1 Å². The number of sulfonamides is 1. The van der Waals surface area contributed by atoms with E-state index in [9.17, 15) is 8.42 Å². The topological polar surface area (TPSA) is 58.6 Å². The summed E-state index contributed by atoms with van der Waals surface area (Å²) in [7, 11) is -3.43. The monoisotopic (exact) mass is 332 g/mol. The molecule has 1 N–H and O–H groups in total. The molecule has 21 heavy (non-hydrogen) atoms. The zero-order chi connectivity index (χ0) is 15.5. The highest BCUT2D eigenvalue weighted by Gasteiger charge is 2.33. The predicted molar refractivity (Wildman–Crippen MR) is 85.2 cm³/mol. The van der Waals surface area contributed by atoms with Crippen molar-refractivity contribution in [3.8, 4) is 0 Å². The molecule has 2 rings (SSSR count). The smallest absolute Gasteiger partial charge is 0.244 e. The van der Waals surface area contributed by atoms with Crippen LogP contribution in [0.4, 0.5) is 0 Å². The van der Waals surface area contributed by atoms with Gasteiger partial charge in [0, 0.05) is 24.5 Å². The Morgan fingerprint density at radius 1 is 1.48 bits per heavy atom. The second-order valence-corrected chi connectivity index (χ2v) is 8.05. The van der Waals surface area contributed by atoms with Crippen LogP contribution in [-0.2, 0) is 21.3 Å². The van der Waals surface area contributed by atoms with Crippen LogP contribution in [0.1, 0.15) is 30.7 Å². The lowest BCUT2D eigenvalue weighted by Crippen LogP contribution is -2.45. The van der Waals surface area contributed by atoms with Gasteiger partial charge in [-0.1, -0.05) is 13.8 Å². The van der Waals surface area contributed by atoms with Gasteiger partial charge in [-0.2, -0.15) is 4.31 Å². The van der Waals surface area contributed by atoms with Gasteiger partial charge in [-0.05, 0) is 30.8 Å². The summed E-state index contributed by atoms with van der Waals surface area (Å²) >= 11 is 1.51. The van der Waals surface area contributed by atoms with Gasteiger partial charge >= 0.3 is 0 Å². The zero-order valence-electron chi connectivity index (χ0n) is 12.9. The van der Waals surface area contributed by atoms with Gasteiger partial charge in [-0.25, -0.2) is 8.42 Å². The van der Waals surface area contributed by atoms with E-state index in [1.54, 1.807) is 4.31 Å². The van der Waals surface area contributed by atoms with E-state index >= 15 is 0 Å². The number of thiophene rings is 1. The molecule has 7 heteroatoms. The molecular formula is C14H24N2O3S2. The Kier molecular flexibility index (Phi) is 5.79. The molecule has 0 radical (unpaired) electrons. The number of ether oxygens (including phenoxy) is 1. The van der Waals surface area contributed by atoms with Gasteiger partial charge in [0.1, 0.15) is 4.90 Å². The summed E-state index contributed by atoms with van der Waals surface area (Å²) < 4.78 is 33.1. The average Bonchev–Trinajstić information content (AvgIpc) is 2.86. The Hall–Kier alpha value is -0.470. The molecule has 0 bridgehead atoms. The molecule has 0 aromatic carbocycles. The molecule has 120 valence electrons. The molecule has 1 unspecified atom stereocenters. The fourth-order valence-electron chi connectivity index (χ4n) is 2.48. The normalized spacial score (nSPS) is 20.8. The highest BCUT2D eigenvalue weighted by molar-refractivity contribution is 7.89. The molecule has 0 amide bonds. The summed E-state index contributed by atoms with van der Waals surface area (Å²) in [5.74, 6) is 0. The van der Waals surface area contributed by atoms with Crippen LogP contribution in [0, 0.1) is 6.92 Å². The van der Waals surface area contributed by atoms with Crippen molar-refractivity contribution in [2.45, 2.75) is 44.7 Å².